The van der Waals surface area contributed by atoms with E-state index in [1.807, 2.05) is 6.92 Å². The summed E-state index contributed by atoms with van der Waals surface area (Å²) >= 11 is 0. The molecule has 1 aromatic heterocycles. The van der Waals surface area contributed by atoms with Crippen molar-refractivity contribution in [3.8, 4) is 0 Å². The first-order valence-electron chi connectivity index (χ1n) is 6.24. The van der Waals surface area contributed by atoms with Crippen molar-refractivity contribution in [1.82, 2.24) is 15.0 Å². The zero-order chi connectivity index (χ0) is 13.1. The molecule has 0 saturated heterocycles. The summed E-state index contributed by atoms with van der Waals surface area (Å²) in [7, 11) is 1.41. The van der Waals surface area contributed by atoms with Gasteiger partial charge in [0.25, 0.3) is 0 Å². The van der Waals surface area contributed by atoms with E-state index >= 15 is 0 Å². The fraction of sp³-hybridized carbons (Fsp3) is 0.750. The molecule has 6 nitrogen and oxygen atoms in total. The summed E-state index contributed by atoms with van der Waals surface area (Å²) in [6.45, 7) is 4.14. The van der Waals surface area contributed by atoms with E-state index in [0.717, 1.165) is 12.8 Å². The molecule has 1 heterocycles. The highest BCUT2D eigenvalue weighted by Gasteiger charge is 2.33. The number of aryl methyl sites for hydroxylation is 1. The third-order valence-corrected chi connectivity index (χ3v) is 3.48. The van der Waals surface area contributed by atoms with Crippen molar-refractivity contribution in [3.63, 3.8) is 0 Å². The van der Waals surface area contributed by atoms with Crippen LogP contribution in [0.4, 0.5) is 0 Å². The normalized spacial score (nSPS) is 17.6. The van der Waals surface area contributed by atoms with E-state index < -0.39 is 0 Å². The molecule has 0 aliphatic heterocycles. The lowest BCUT2D eigenvalue weighted by molar-refractivity contribution is -0.148. The van der Waals surface area contributed by atoms with Crippen LogP contribution in [0.25, 0.3) is 0 Å². The molecule has 1 fully saturated rings. The van der Waals surface area contributed by atoms with Crippen LogP contribution in [0.15, 0.2) is 4.52 Å². The van der Waals surface area contributed by atoms with Crippen molar-refractivity contribution in [2.24, 2.45) is 0 Å². The molecule has 0 unspecified atom stereocenters. The molecule has 1 aliphatic rings. The van der Waals surface area contributed by atoms with Crippen molar-refractivity contribution in [3.05, 3.63) is 11.7 Å². The molecule has 100 valence electrons. The molecular weight excluding hydrogens is 234 g/mol. The summed E-state index contributed by atoms with van der Waals surface area (Å²) in [5, 5.41) is 3.88. The minimum absolute atomic E-state index is 0.220. The summed E-state index contributed by atoms with van der Waals surface area (Å²) in [4.78, 5) is 17.9. The maximum atomic E-state index is 11.7. The number of nitrogens with zero attached hydrogens (tertiary/aromatic N) is 3. The van der Waals surface area contributed by atoms with E-state index in [-0.39, 0.29) is 12.0 Å². The first kappa shape index (κ1) is 13.0. The summed E-state index contributed by atoms with van der Waals surface area (Å²) < 4.78 is 9.77. The first-order chi connectivity index (χ1) is 8.61. The quantitative estimate of drug-likeness (QED) is 0.737. The van der Waals surface area contributed by atoms with Crippen molar-refractivity contribution in [1.29, 1.82) is 0 Å². The minimum Gasteiger partial charge on any atom is -0.468 e. The molecule has 6 heteroatoms. The highest BCUT2D eigenvalue weighted by Crippen LogP contribution is 2.27. The second-order valence-corrected chi connectivity index (χ2v) is 4.69. The van der Waals surface area contributed by atoms with Gasteiger partial charge in [0.2, 0.25) is 5.89 Å². The molecule has 0 spiro atoms. The Morgan fingerprint density at radius 2 is 2.33 bits per heavy atom. The molecule has 0 amide bonds. The first-order valence-corrected chi connectivity index (χ1v) is 6.24. The maximum absolute atomic E-state index is 11.7. The lowest BCUT2D eigenvalue weighted by Crippen LogP contribution is -2.48. The topological polar surface area (TPSA) is 68.5 Å². The number of carbonyl (C=O) groups excluding carboxylic acids is 1. The van der Waals surface area contributed by atoms with Crippen LogP contribution in [-0.4, -0.2) is 40.2 Å². The molecule has 0 N–H and O–H groups in total. The average Bonchev–Trinajstić information content (AvgIpc) is 2.69. The molecule has 18 heavy (non-hydrogen) atoms. The Balaban J connectivity index is 2.07. The highest BCUT2D eigenvalue weighted by molar-refractivity contribution is 5.75. The molecule has 1 aliphatic carbocycles. The molecule has 1 aromatic rings. The van der Waals surface area contributed by atoms with Gasteiger partial charge in [-0.2, -0.15) is 4.98 Å². The van der Waals surface area contributed by atoms with Crippen LogP contribution < -0.4 is 0 Å². The highest BCUT2D eigenvalue weighted by atomic mass is 16.5. The van der Waals surface area contributed by atoms with Gasteiger partial charge in [-0.1, -0.05) is 11.6 Å². The van der Waals surface area contributed by atoms with Crippen LogP contribution in [0.1, 0.15) is 37.9 Å². The number of methoxy groups -OCH3 is 1. The monoisotopic (exact) mass is 253 g/mol. The van der Waals surface area contributed by atoms with Gasteiger partial charge >= 0.3 is 5.97 Å². The van der Waals surface area contributed by atoms with Gasteiger partial charge < -0.3 is 9.26 Å². The van der Waals surface area contributed by atoms with Gasteiger partial charge in [0.15, 0.2) is 5.82 Å². The van der Waals surface area contributed by atoms with E-state index in [9.17, 15) is 4.79 Å². The second kappa shape index (κ2) is 5.48. The Morgan fingerprint density at radius 3 is 2.78 bits per heavy atom. The van der Waals surface area contributed by atoms with E-state index in [1.54, 1.807) is 6.92 Å². The number of aromatic nitrogens is 2. The summed E-state index contributed by atoms with van der Waals surface area (Å²) in [6.07, 6.45) is 3.43. The van der Waals surface area contributed by atoms with Crippen LogP contribution >= 0.6 is 0 Å². The lowest BCUT2D eigenvalue weighted by atomic mass is 9.90. The standard InChI is InChI=1S/C12H19N3O3/c1-8(12(16)17-3)15(10-5-4-6-10)7-11-13-9(2)18-14-11/h8,10H,4-7H2,1-3H3/t8-/m1/s1. The average molecular weight is 253 g/mol. The number of ether oxygens (including phenoxy) is 1. The van der Waals surface area contributed by atoms with Crippen molar-refractivity contribution < 1.29 is 14.1 Å². The van der Waals surface area contributed by atoms with E-state index in [0.29, 0.717) is 24.3 Å². The zero-order valence-corrected chi connectivity index (χ0v) is 11.0. The van der Waals surface area contributed by atoms with Gasteiger partial charge in [-0.05, 0) is 19.8 Å². The number of rotatable bonds is 5. The lowest BCUT2D eigenvalue weighted by Gasteiger charge is -2.39. The van der Waals surface area contributed by atoms with Crippen LogP contribution in [0.5, 0.6) is 0 Å². The maximum Gasteiger partial charge on any atom is 0.322 e. The van der Waals surface area contributed by atoms with Gasteiger partial charge in [-0.25, -0.2) is 0 Å². The largest absolute Gasteiger partial charge is 0.468 e. The molecule has 0 radical (unpaired) electrons. The summed E-state index contributed by atoms with van der Waals surface area (Å²) in [5.41, 5.74) is 0. The summed E-state index contributed by atoms with van der Waals surface area (Å²) in [6, 6.07) is 0.136. The van der Waals surface area contributed by atoms with Crippen molar-refractivity contribution >= 4 is 5.97 Å². The molecule has 1 saturated carbocycles. The van der Waals surface area contributed by atoms with Gasteiger partial charge in [0, 0.05) is 13.0 Å². The Bertz CT molecular complexity index is 414. The predicted molar refractivity (Wildman–Crippen MR) is 63.7 cm³/mol. The molecule has 2 rings (SSSR count). The molecular formula is C12H19N3O3. The van der Waals surface area contributed by atoms with Crippen molar-refractivity contribution in [2.75, 3.05) is 7.11 Å². The van der Waals surface area contributed by atoms with Crippen molar-refractivity contribution in [2.45, 2.75) is 51.7 Å². The van der Waals surface area contributed by atoms with E-state index in [1.165, 1.54) is 13.5 Å². The van der Waals surface area contributed by atoms with Crippen LogP contribution in [-0.2, 0) is 16.1 Å². The van der Waals surface area contributed by atoms with E-state index in [4.69, 9.17) is 9.26 Å². The summed E-state index contributed by atoms with van der Waals surface area (Å²) in [5.74, 6) is 0.946. The third kappa shape index (κ3) is 2.69. The Labute approximate surface area is 106 Å². The van der Waals surface area contributed by atoms with Crippen LogP contribution in [0.3, 0.4) is 0 Å². The minimum atomic E-state index is -0.279. The number of hydrogen-bond donors (Lipinski definition) is 0. The molecule has 0 bridgehead atoms. The number of hydrogen-bond acceptors (Lipinski definition) is 6. The third-order valence-electron chi connectivity index (χ3n) is 3.48. The number of carbonyl (C=O) groups is 1. The smallest absolute Gasteiger partial charge is 0.322 e. The number of esters is 1. The Morgan fingerprint density at radius 1 is 1.61 bits per heavy atom. The Hall–Kier alpha value is -1.43. The molecule has 1 atom stereocenters. The fourth-order valence-electron chi connectivity index (χ4n) is 2.18. The van der Waals surface area contributed by atoms with Gasteiger partial charge in [-0.3, -0.25) is 9.69 Å². The van der Waals surface area contributed by atoms with Gasteiger partial charge in [0.05, 0.1) is 13.7 Å². The Kier molecular flexibility index (Phi) is 3.96. The fourth-order valence-corrected chi connectivity index (χ4v) is 2.18. The second-order valence-electron chi connectivity index (χ2n) is 4.69. The van der Waals surface area contributed by atoms with E-state index in [2.05, 4.69) is 15.0 Å². The predicted octanol–water partition coefficient (Wildman–Crippen LogP) is 1.29. The zero-order valence-electron chi connectivity index (χ0n) is 11.0. The van der Waals surface area contributed by atoms with Crippen LogP contribution in [0.2, 0.25) is 0 Å². The SMILES string of the molecule is COC(=O)[C@@H](C)N(Cc1noc(C)n1)C1CCC1. The van der Waals surface area contributed by atoms with Gasteiger partial charge in [-0.15, -0.1) is 0 Å². The van der Waals surface area contributed by atoms with Crippen LogP contribution in [0, 0.1) is 6.92 Å². The van der Waals surface area contributed by atoms with Gasteiger partial charge in [0.1, 0.15) is 6.04 Å². The molecule has 0 aromatic carbocycles.